The van der Waals surface area contributed by atoms with E-state index in [1.807, 2.05) is 4.90 Å². The van der Waals surface area contributed by atoms with Crippen molar-refractivity contribution in [2.45, 2.75) is 20.3 Å². The molecule has 19 heavy (non-hydrogen) atoms. The van der Waals surface area contributed by atoms with Gasteiger partial charge < -0.3 is 20.0 Å². The van der Waals surface area contributed by atoms with E-state index in [1.54, 1.807) is 13.8 Å². The lowest BCUT2D eigenvalue weighted by atomic mass is 10.1. The molecule has 1 rings (SSSR count). The first-order valence-electron chi connectivity index (χ1n) is 6.40. The summed E-state index contributed by atoms with van der Waals surface area (Å²) in [5.74, 6) is -1.44. The molecule has 1 aliphatic heterocycles. The predicted octanol–water partition coefficient (Wildman–Crippen LogP) is 0.138. The smallest absolute Gasteiger partial charge is 0.352 e. The van der Waals surface area contributed by atoms with Gasteiger partial charge in [-0.25, -0.2) is 4.79 Å². The number of nitrogens with zero attached hydrogens (tertiary/aromatic N) is 2. The number of carboxylic acid groups (broad SMARTS) is 1. The molecule has 0 radical (unpaired) electrons. The van der Waals surface area contributed by atoms with Crippen molar-refractivity contribution in [3.05, 3.63) is 11.3 Å². The topological polar surface area (TPSA) is 81.1 Å². The number of amides is 1. The fraction of sp³-hybridized carbons (Fsp3) is 0.692. The van der Waals surface area contributed by atoms with Crippen molar-refractivity contribution in [2.24, 2.45) is 5.92 Å². The monoisotopic (exact) mass is 270 g/mol. The normalized spacial score (nSPS) is 19.3. The molecule has 2 N–H and O–H groups in total. The van der Waals surface area contributed by atoms with Crippen LogP contribution in [0.5, 0.6) is 0 Å². The number of β-amino-alcohol motifs (C(OH)–C–C–N with tert-alkyl or cyclic N) is 1. The molecule has 1 atom stereocenters. The van der Waals surface area contributed by atoms with Crippen molar-refractivity contribution < 1.29 is 19.8 Å². The number of allylic oxidation sites excluding steroid dienone is 1. The second kappa shape index (κ2) is 6.68. The van der Waals surface area contributed by atoms with Crippen molar-refractivity contribution in [1.29, 1.82) is 0 Å². The lowest BCUT2D eigenvalue weighted by Crippen LogP contribution is -2.37. The first-order valence-corrected chi connectivity index (χ1v) is 6.40. The van der Waals surface area contributed by atoms with Crippen molar-refractivity contribution in [1.82, 2.24) is 9.80 Å². The molecule has 6 heteroatoms. The number of likely N-dealkylation sites (tertiary alicyclic amines) is 1. The third kappa shape index (κ3) is 3.78. The second-order valence-electron chi connectivity index (χ2n) is 5.06. The number of carbonyl (C=O) groups is 2. The molecule has 6 nitrogen and oxygen atoms in total. The zero-order chi connectivity index (χ0) is 14.6. The highest BCUT2D eigenvalue weighted by Crippen LogP contribution is 2.20. The number of aliphatic hydroxyl groups is 1. The molecule has 0 unspecified atom stereocenters. The average molecular weight is 270 g/mol. The molecule has 108 valence electrons. The molecule has 0 spiro atoms. The van der Waals surface area contributed by atoms with Crippen LogP contribution in [0.15, 0.2) is 11.3 Å². The van der Waals surface area contributed by atoms with Gasteiger partial charge in [-0.15, -0.1) is 0 Å². The number of hydrogen-bond donors (Lipinski definition) is 2. The van der Waals surface area contributed by atoms with E-state index in [4.69, 9.17) is 10.2 Å². The van der Waals surface area contributed by atoms with E-state index < -0.39 is 5.97 Å². The Morgan fingerprint density at radius 2 is 2.00 bits per heavy atom. The Bertz CT molecular complexity index is 388. The van der Waals surface area contributed by atoms with Crippen LogP contribution in [-0.4, -0.2) is 65.2 Å². The van der Waals surface area contributed by atoms with Crippen molar-refractivity contribution >= 4 is 11.9 Å². The van der Waals surface area contributed by atoms with Gasteiger partial charge in [-0.2, -0.15) is 0 Å². The van der Waals surface area contributed by atoms with Crippen LogP contribution in [0.4, 0.5) is 0 Å². The second-order valence-corrected chi connectivity index (χ2v) is 5.06. The van der Waals surface area contributed by atoms with Gasteiger partial charge >= 0.3 is 5.97 Å². The quantitative estimate of drug-likeness (QED) is 0.694. The number of rotatable bonds is 5. The maximum Gasteiger partial charge on any atom is 0.352 e. The van der Waals surface area contributed by atoms with Crippen LogP contribution in [0.2, 0.25) is 0 Å². The van der Waals surface area contributed by atoms with E-state index in [0.29, 0.717) is 25.1 Å². The summed E-state index contributed by atoms with van der Waals surface area (Å²) in [6.07, 6.45) is 0.707. The summed E-state index contributed by atoms with van der Waals surface area (Å²) in [5, 5.41) is 18.0. The van der Waals surface area contributed by atoms with E-state index in [-0.39, 0.29) is 24.1 Å². The third-order valence-corrected chi connectivity index (χ3v) is 3.38. The minimum atomic E-state index is -1.08. The van der Waals surface area contributed by atoms with Gasteiger partial charge in [0.25, 0.3) is 0 Å². The molecular weight excluding hydrogens is 248 g/mol. The van der Waals surface area contributed by atoms with Crippen LogP contribution >= 0.6 is 0 Å². The molecule has 0 aromatic carbocycles. The standard InChI is InChI=1S/C13H22N2O4/c1-9(2)11(13(18)19)14(3)12(17)10-4-5-15(8-10)6-7-16/h10,16H,4-8H2,1-3H3,(H,18,19)/t10-/m0/s1. The van der Waals surface area contributed by atoms with Gasteiger partial charge in [-0.1, -0.05) is 0 Å². The van der Waals surface area contributed by atoms with Gasteiger partial charge in [0.05, 0.1) is 12.5 Å². The van der Waals surface area contributed by atoms with Crippen molar-refractivity contribution in [3.8, 4) is 0 Å². The molecule has 1 amide bonds. The molecular formula is C13H22N2O4. The Labute approximate surface area is 113 Å². The van der Waals surface area contributed by atoms with Gasteiger partial charge in [0.1, 0.15) is 5.70 Å². The molecule has 0 aromatic rings. The van der Waals surface area contributed by atoms with Crippen LogP contribution in [0.1, 0.15) is 20.3 Å². The summed E-state index contributed by atoms with van der Waals surface area (Å²) in [6, 6.07) is 0. The summed E-state index contributed by atoms with van der Waals surface area (Å²) in [6.45, 7) is 5.34. The maximum atomic E-state index is 12.3. The average Bonchev–Trinajstić information content (AvgIpc) is 2.76. The molecule has 1 heterocycles. The van der Waals surface area contributed by atoms with Crippen LogP contribution in [0.25, 0.3) is 0 Å². The molecule has 1 saturated heterocycles. The predicted molar refractivity (Wildman–Crippen MR) is 70.4 cm³/mol. The first-order chi connectivity index (χ1) is 8.88. The Morgan fingerprint density at radius 1 is 1.37 bits per heavy atom. The molecule has 1 aliphatic rings. The fourth-order valence-corrected chi connectivity index (χ4v) is 2.46. The number of hydrogen-bond acceptors (Lipinski definition) is 4. The minimum Gasteiger partial charge on any atom is -0.477 e. The Hall–Kier alpha value is -1.40. The van der Waals surface area contributed by atoms with E-state index in [2.05, 4.69) is 0 Å². The largest absolute Gasteiger partial charge is 0.477 e. The highest BCUT2D eigenvalue weighted by Gasteiger charge is 2.32. The van der Waals surface area contributed by atoms with Gasteiger partial charge in [-0.3, -0.25) is 4.79 Å². The Balaban J connectivity index is 2.73. The lowest BCUT2D eigenvalue weighted by molar-refractivity contribution is -0.140. The van der Waals surface area contributed by atoms with Crippen molar-refractivity contribution in [3.63, 3.8) is 0 Å². The highest BCUT2D eigenvalue weighted by atomic mass is 16.4. The number of carboxylic acids is 1. The van der Waals surface area contributed by atoms with E-state index in [0.717, 1.165) is 6.54 Å². The Morgan fingerprint density at radius 3 is 2.47 bits per heavy atom. The van der Waals surface area contributed by atoms with E-state index in [1.165, 1.54) is 11.9 Å². The molecule has 0 saturated carbocycles. The van der Waals surface area contributed by atoms with Crippen LogP contribution < -0.4 is 0 Å². The maximum absolute atomic E-state index is 12.3. The number of aliphatic carboxylic acids is 1. The number of carbonyl (C=O) groups excluding carboxylic acids is 1. The molecule has 0 bridgehead atoms. The molecule has 0 aliphatic carbocycles. The highest BCUT2D eigenvalue weighted by molar-refractivity contribution is 5.93. The zero-order valence-corrected chi connectivity index (χ0v) is 11.7. The first kappa shape index (κ1) is 15.7. The number of aliphatic hydroxyl groups excluding tert-OH is 1. The van der Waals surface area contributed by atoms with Crippen molar-refractivity contribution in [2.75, 3.05) is 33.3 Å². The number of likely N-dealkylation sites (N-methyl/N-ethyl adjacent to an activating group) is 1. The van der Waals surface area contributed by atoms with Gasteiger partial charge in [-0.05, 0) is 32.4 Å². The minimum absolute atomic E-state index is 0.0469. The summed E-state index contributed by atoms with van der Waals surface area (Å²) in [5.41, 5.74) is 0.652. The Kier molecular flexibility index (Phi) is 5.50. The van der Waals surface area contributed by atoms with E-state index >= 15 is 0 Å². The summed E-state index contributed by atoms with van der Waals surface area (Å²) >= 11 is 0. The summed E-state index contributed by atoms with van der Waals surface area (Å²) in [7, 11) is 1.51. The third-order valence-electron chi connectivity index (χ3n) is 3.38. The van der Waals surface area contributed by atoms with Crippen LogP contribution in [-0.2, 0) is 9.59 Å². The van der Waals surface area contributed by atoms with E-state index in [9.17, 15) is 9.59 Å². The molecule has 0 aromatic heterocycles. The zero-order valence-electron chi connectivity index (χ0n) is 11.7. The SMILES string of the molecule is CC(C)=C(C(=O)O)N(C)C(=O)[C@H]1CCN(CCO)C1. The lowest BCUT2D eigenvalue weighted by Gasteiger charge is -2.23. The summed E-state index contributed by atoms with van der Waals surface area (Å²) in [4.78, 5) is 26.7. The van der Waals surface area contributed by atoms with Gasteiger partial charge in [0, 0.05) is 20.1 Å². The fourth-order valence-electron chi connectivity index (χ4n) is 2.46. The summed E-state index contributed by atoms with van der Waals surface area (Å²) < 4.78 is 0. The molecule has 1 fully saturated rings. The van der Waals surface area contributed by atoms with Crippen LogP contribution in [0.3, 0.4) is 0 Å². The van der Waals surface area contributed by atoms with Gasteiger partial charge in [0.15, 0.2) is 0 Å². The van der Waals surface area contributed by atoms with Gasteiger partial charge in [0.2, 0.25) is 5.91 Å². The van der Waals surface area contributed by atoms with Crippen LogP contribution in [0, 0.1) is 5.92 Å².